The number of hydrogen-bond donors (Lipinski definition) is 1. The van der Waals surface area contributed by atoms with E-state index in [-0.39, 0.29) is 5.82 Å². The third kappa shape index (κ3) is 2.93. The van der Waals surface area contributed by atoms with Crippen LogP contribution >= 0.6 is 0 Å². The summed E-state index contributed by atoms with van der Waals surface area (Å²) in [6.45, 7) is 3.76. The molecule has 2 N–H and O–H groups in total. The highest BCUT2D eigenvalue weighted by Gasteiger charge is 2.27. The number of rotatable bonds is 3. The van der Waals surface area contributed by atoms with E-state index in [0.717, 1.165) is 31.5 Å². The summed E-state index contributed by atoms with van der Waals surface area (Å²) in [6, 6.07) is 15.0. The Bertz CT molecular complexity index is 619. The van der Waals surface area contributed by atoms with Gasteiger partial charge in [-0.2, -0.15) is 0 Å². The normalized spacial score (nSPS) is 17.2. The Labute approximate surface area is 125 Å². The minimum Gasteiger partial charge on any atom is -0.369 e. The second kappa shape index (κ2) is 5.49. The minimum absolute atomic E-state index is 0.224. The molecule has 21 heavy (non-hydrogen) atoms. The van der Waals surface area contributed by atoms with Crippen molar-refractivity contribution in [1.29, 1.82) is 0 Å². The Morgan fingerprint density at radius 2 is 1.86 bits per heavy atom. The summed E-state index contributed by atoms with van der Waals surface area (Å²) in [7, 11) is 0. The third-order valence-electron chi connectivity index (χ3n) is 4.23. The second-order valence-electron chi connectivity index (χ2n) is 6.08. The molecule has 1 heterocycles. The average molecular weight is 284 g/mol. The lowest BCUT2D eigenvalue weighted by Gasteiger charge is -2.37. The number of aryl methyl sites for hydroxylation is 1. The SMILES string of the molecule is CC(N)(CN1CCCc2ccccc21)c1ccc(F)cc1. The summed E-state index contributed by atoms with van der Waals surface area (Å²) < 4.78 is 13.1. The van der Waals surface area contributed by atoms with Crippen LogP contribution in [0, 0.1) is 5.82 Å². The van der Waals surface area contributed by atoms with Crippen molar-refractivity contribution in [3.05, 3.63) is 65.5 Å². The Morgan fingerprint density at radius 3 is 2.62 bits per heavy atom. The number of nitrogens with two attached hydrogens (primary N) is 1. The van der Waals surface area contributed by atoms with Crippen LogP contribution in [0.2, 0.25) is 0 Å². The molecular weight excluding hydrogens is 263 g/mol. The molecule has 0 saturated heterocycles. The van der Waals surface area contributed by atoms with E-state index in [1.807, 2.05) is 6.92 Å². The van der Waals surface area contributed by atoms with Gasteiger partial charge in [0.2, 0.25) is 0 Å². The van der Waals surface area contributed by atoms with Gasteiger partial charge in [0.1, 0.15) is 5.82 Å². The first-order valence-corrected chi connectivity index (χ1v) is 7.44. The number of hydrogen-bond acceptors (Lipinski definition) is 2. The molecule has 1 unspecified atom stereocenters. The van der Waals surface area contributed by atoms with Crippen LogP contribution in [0.3, 0.4) is 0 Å². The molecule has 0 bridgehead atoms. The van der Waals surface area contributed by atoms with E-state index in [4.69, 9.17) is 5.73 Å². The molecule has 1 atom stereocenters. The fraction of sp³-hybridized carbons (Fsp3) is 0.333. The molecule has 0 aliphatic carbocycles. The zero-order valence-corrected chi connectivity index (χ0v) is 12.3. The Balaban J connectivity index is 1.84. The highest BCUT2D eigenvalue weighted by molar-refractivity contribution is 5.56. The van der Waals surface area contributed by atoms with Crippen molar-refractivity contribution in [2.24, 2.45) is 5.73 Å². The standard InChI is InChI=1S/C18H21FN2/c1-18(20,15-8-10-16(19)11-9-15)13-21-12-4-6-14-5-2-3-7-17(14)21/h2-3,5,7-11H,4,6,12-13,20H2,1H3. The highest BCUT2D eigenvalue weighted by atomic mass is 19.1. The van der Waals surface area contributed by atoms with Gasteiger partial charge < -0.3 is 10.6 Å². The fourth-order valence-corrected chi connectivity index (χ4v) is 3.09. The zero-order chi connectivity index (χ0) is 14.9. The smallest absolute Gasteiger partial charge is 0.123 e. The van der Waals surface area contributed by atoms with Crippen molar-refractivity contribution in [2.45, 2.75) is 25.3 Å². The van der Waals surface area contributed by atoms with Crippen LogP contribution in [0.5, 0.6) is 0 Å². The summed E-state index contributed by atoms with van der Waals surface area (Å²) in [5, 5.41) is 0. The van der Waals surface area contributed by atoms with Gasteiger partial charge in [-0.3, -0.25) is 0 Å². The number of halogens is 1. The third-order valence-corrected chi connectivity index (χ3v) is 4.23. The van der Waals surface area contributed by atoms with E-state index in [1.54, 1.807) is 12.1 Å². The number of nitrogens with zero attached hydrogens (tertiary/aromatic N) is 1. The van der Waals surface area contributed by atoms with E-state index < -0.39 is 5.54 Å². The molecule has 110 valence electrons. The van der Waals surface area contributed by atoms with Crippen molar-refractivity contribution >= 4 is 5.69 Å². The van der Waals surface area contributed by atoms with Gasteiger partial charge in [-0.05, 0) is 49.1 Å². The first-order valence-electron chi connectivity index (χ1n) is 7.44. The van der Waals surface area contributed by atoms with Gasteiger partial charge in [-0.25, -0.2) is 4.39 Å². The van der Waals surface area contributed by atoms with Crippen LogP contribution in [0.1, 0.15) is 24.5 Å². The number of benzene rings is 2. The van der Waals surface area contributed by atoms with Gasteiger partial charge in [-0.1, -0.05) is 30.3 Å². The molecule has 0 fully saturated rings. The molecule has 3 rings (SSSR count). The Morgan fingerprint density at radius 1 is 1.14 bits per heavy atom. The Hall–Kier alpha value is -1.87. The summed E-state index contributed by atoms with van der Waals surface area (Å²) in [6.07, 6.45) is 2.28. The lowest BCUT2D eigenvalue weighted by Crippen LogP contribution is -2.47. The van der Waals surface area contributed by atoms with Crippen LogP contribution in [-0.4, -0.2) is 13.1 Å². The van der Waals surface area contributed by atoms with Gasteiger partial charge in [0, 0.05) is 18.8 Å². The molecule has 0 radical (unpaired) electrons. The summed E-state index contributed by atoms with van der Waals surface area (Å²) >= 11 is 0. The van der Waals surface area contributed by atoms with Gasteiger partial charge in [0.05, 0.1) is 5.54 Å². The fourth-order valence-electron chi connectivity index (χ4n) is 3.09. The second-order valence-corrected chi connectivity index (χ2v) is 6.08. The van der Waals surface area contributed by atoms with Gasteiger partial charge in [0.15, 0.2) is 0 Å². The van der Waals surface area contributed by atoms with E-state index >= 15 is 0 Å². The first kappa shape index (κ1) is 14.1. The van der Waals surface area contributed by atoms with Crippen molar-refractivity contribution in [3.8, 4) is 0 Å². The zero-order valence-electron chi connectivity index (χ0n) is 12.3. The van der Waals surface area contributed by atoms with E-state index in [1.165, 1.54) is 23.4 Å². The highest BCUT2D eigenvalue weighted by Crippen LogP contribution is 2.29. The predicted octanol–water partition coefficient (Wildman–Crippen LogP) is 3.45. The molecule has 0 spiro atoms. The maximum Gasteiger partial charge on any atom is 0.123 e. The van der Waals surface area contributed by atoms with Crippen molar-refractivity contribution in [1.82, 2.24) is 0 Å². The van der Waals surface area contributed by atoms with Gasteiger partial charge >= 0.3 is 0 Å². The molecule has 0 aromatic heterocycles. The number of anilines is 1. The summed E-state index contributed by atoms with van der Waals surface area (Å²) in [5.74, 6) is -0.224. The number of para-hydroxylation sites is 1. The molecule has 0 amide bonds. The van der Waals surface area contributed by atoms with E-state index in [0.29, 0.717) is 0 Å². The van der Waals surface area contributed by atoms with Gasteiger partial charge in [0.25, 0.3) is 0 Å². The minimum atomic E-state index is -0.502. The lowest BCUT2D eigenvalue weighted by molar-refractivity contribution is 0.473. The molecule has 2 aromatic rings. The molecule has 1 aliphatic heterocycles. The predicted molar refractivity (Wildman–Crippen MR) is 84.9 cm³/mol. The largest absolute Gasteiger partial charge is 0.369 e. The van der Waals surface area contributed by atoms with Crippen LogP contribution < -0.4 is 10.6 Å². The molecule has 2 nitrogen and oxygen atoms in total. The monoisotopic (exact) mass is 284 g/mol. The van der Waals surface area contributed by atoms with Crippen molar-refractivity contribution in [3.63, 3.8) is 0 Å². The lowest BCUT2D eigenvalue weighted by atomic mass is 9.91. The first-order chi connectivity index (χ1) is 10.1. The van der Waals surface area contributed by atoms with Crippen LogP contribution in [-0.2, 0) is 12.0 Å². The van der Waals surface area contributed by atoms with Crippen LogP contribution in [0.15, 0.2) is 48.5 Å². The Kier molecular flexibility index (Phi) is 3.68. The van der Waals surface area contributed by atoms with E-state index in [9.17, 15) is 4.39 Å². The molecule has 2 aromatic carbocycles. The van der Waals surface area contributed by atoms with Crippen LogP contribution in [0.4, 0.5) is 10.1 Å². The van der Waals surface area contributed by atoms with Crippen molar-refractivity contribution in [2.75, 3.05) is 18.0 Å². The molecule has 1 aliphatic rings. The number of fused-ring (bicyclic) bond motifs is 1. The van der Waals surface area contributed by atoms with Gasteiger partial charge in [-0.15, -0.1) is 0 Å². The maximum atomic E-state index is 13.1. The summed E-state index contributed by atoms with van der Waals surface area (Å²) in [4.78, 5) is 2.35. The van der Waals surface area contributed by atoms with E-state index in [2.05, 4.69) is 29.2 Å². The molecule has 0 saturated carbocycles. The molecular formula is C18H21FN2. The average Bonchev–Trinajstić information content (AvgIpc) is 2.48. The summed E-state index contributed by atoms with van der Waals surface area (Å²) in [5.41, 5.74) is 9.64. The quantitative estimate of drug-likeness (QED) is 0.935. The van der Waals surface area contributed by atoms with Crippen LogP contribution in [0.25, 0.3) is 0 Å². The maximum absolute atomic E-state index is 13.1. The molecule has 3 heteroatoms. The van der Waals surface area contributed by atoms with Crippen molar-refractivity contribution < 1.29 is 4.39 Å². The topological polar surface area (TPSA) is 29.3 Å².